The van der Waals surface area contributed by atoms with Gasteiger partial charge in [0.15, 0.2) is 5.78 Å². The first-order valence-electron chi connectivity index (χ1n) is 4.21. The van der Waals surface area contributed by atoms with Crippen LogP contribution < -0.4 is 5.73 Å². The van der Waals surface area contributed by atoms with Gasteiger partial charge in [-0.25, -0.2) is 0 Å². The summed E-state index contributed by atoms with van der Waals surface area (Å²) in [5.41, 5.74) is 6.54. The molecule has 4 heteroatoms. The number of carbonyl (C=O) groups is 1. The summed E-state index contributed by atoms with van der Waals surface area (Å²) in [4.78, 5) is 12.3. The van der Waals surface area contributed by atoms with Crippen molar-refractivity contribution in [3.8, 4) is 5.75 Å². The molecule has 1 aromatic carbocycles. The molecule has 0 aromatic heterocycles. The molecule has 0 bridgehead atoms. The maximum absolute atomic E-state index is 11.4. The van der Waals surface area contributed by atoms with Gasteiger partial charge in [0, 0.05) is 10.5 Å². The van der Waals surface area contributed by atoms with E-state index in [1.54, 1.807) is 13.0 Å². The van der Waals surface area contributed by atoms with Gasteiger partial charge in [-0.1, -0.05) is 0 Å². The molecule has 1 aromatic rings. The zero-order valence-electron chi connectivity index (χ0n) is 8.20. The minimum absolute atomic E-state index is 0.0317. The number of thioether (sulfide) groups is 1. The minimum Gasteiger partial charge on any atom is -0.508 e. The Morgan fingerprint density at radius 1 is 1.57 bits per heavy atom. The van der Waals surface area contributed by atoms with Crippen molar-refractivity contribution < 1.29 is 9.90 Å². The van der Waals surface area contributed by atoms with Crippen molar-refractivity contribution in [3.05, 3.63) is 23.3 Å². The molecule has 3 N–H and O–H groups in total. The van der Waals surface area contributed by atoms with Crippen molar-refractivity contribution >= 4 is 17.5 Å². The van der Waals surface area contributed by atoms with Gasteiger partial charge in [-0.3, -0.25) is 4.79 Å². The fourth-order valence-corrected chi connectivity index (χ4v) is 1.85. The van der Waals surface area contributed by atoms with Gasteiger partial charge >= 0.3 is 0 Å². The first-order chi connectivity index (χ1) is 6.60. The molecular weight excluding hydrogens is 198 g/mol. The van der Waals surface area contributed by atoms with Crippen molar-refractivity contribution in [1.82, 2.24) is 0 Å². The van der Waals surface area contributed by atoms with Crippen LogP contribution in [0.15, 0.2) is 17.0 Å². The highest BCUT2D eigenvalue weighted by molar-refractivity contribution is 7.98. The molecule has 0 saturated carbocycles. The van der Waals surface area contributed by atoms with Crippen molar-refractivity contribution in [2.75, 3.05) is 12.8 Å². The summed E-state index contributed by atoms with van der Waals surface area (Å²) in [6.07, 6.45) is 1.89. The number of aryl methyl sites for hydroxylation is 1. The Hall–Kier alpha value is -1.00. The number of nitrogens with two attached hydrogens (primary N) is 1. The van der Waals surface area contributed by atoms with Gasteiger partial charge in [0.2, 0.25) is 0 Å². The maximum Gasteiger partial charge on any atom is 0.177 e. The highest BCUT2D eigenvalue weighted by Crippen LogP contribution is 2.28. The van der Waals surface area contributed by atoms with Crippen molar-refractivity contribution in [3.63, 3.8) is 0 Å². The van der Waals surface area contributed by atoms with Crippen LogP contribution in [0.1, 0.15) is 15.9 Å². The molecule has 0 aliphatic rings. The first-order valence-corrected chi connectivity index (χ1v) is 5.43. The van der Waals surface area contributed by atoms with Gasteiger partial charge in [-0.2, -0.15) is 0 Å². The van der Waals surface area contributed by atoms with Crippen molar-refractivity contribution in [1.29, 1.82) is 0 Å². The number of hydrogen-bond acceptors (Lipinski definition) is 4. The lowest BCUT2D eigenvalue weighted by Gasteiger charge is -2.08. The molecule has 0 saturated heterocycles. The van der Waals surface area contributed by atoms with Crippen LogP contribution in [-0.4, -0.2) is 23.7 Å². The highest BCUT2D eigenvalue weighted by atomic mass is 32.2. The van der Waals surface area contributed by atoms with E-state index in [2.05, 4.69) is 0 Å². The van der Waals surface area contributed by atoms with Crippen LogP contribution in [0.25, 0.3) is 0 Å². The molecule has 0 heterocycles. The van der Waals surface area contributed by atoms with Crippen LogP contribution in [0.4, 0.5) is 0 Å². The zero-order valence-corrected chi connectivity index (χ0v) is 9.02. The Balaban J connectivity index is 3.27. The Kier molecular flexibility index (Phi) is 3.55. The third-order valence-electron chi connectivity index (χ3n) is 2.00. The lowest BCUT2D eigenvalue weighted by Crippen LogP contribution is -2.14. The molecule has 1 rings (SSSR count). The number of ketones is 1. The largest absolute Gasteiger partial charge is 0.508 e. The average molecular weight is 211 g/mol. The monoisotopic (exact) mass is 211 g/mol. The van der Waals surface area contributed by atoms with E-state index in [0.717, 1.165) is 10.5 Å². The van der Waals surface area contributed by atoms with Gasteiger partial charge in [0.1, 0.15) is 5.75 Å². The predicted octanol–water partition coefficient (Wildman–Crippen LogP) is 1.56. The van der Waals surface area contributed by atoms with E-state index in [-0.39, 0.29) is 18.1 Å². The third-order valence-corrected chi connectivity index (χ3v) is 2.78. The number of Topliss-reactive ketones (excluding diaryl/α,β-unsaturated/α-hetero) is 1. The number of phenolic OH excluding ortho intramolecular Hbond substituents is 1. The summed E-state index contributed by atoms with van der Waals surface area (Å²) < 4.78 is 0. The number of benzene rings is 1. The summed E-state index contributed by atoms with van der Waals surface area (Å²) in [6.45, 7) is 1.77. The Bertz CT molecular complexity index is 363. The normalized spacial score (nSPS) is 10.2. The fraction of sp³-hybridized carbons (Fsp3) is 0.300. The van der Waals surface area contributed by atoms with E-state index in [1.165, 1.54) is 17.8 Å². The van der Waals surface area contributed by atoms with Crippen LogP contribution in [0.2, 0.25) is 0 Å². The molecule has 0 radical (unpaired) electrons. The van der Waals surface area contributed by atoms with Crippen LogP contribution >= 0.6 is 11.8 Å². The Labute approximate surface area is 87.3 Å². The Morgan fingerprint density at radius 3 is 2.71 bits per heavy atom. The average Bonchev–Trinajstić information content (AvgIpc) is 2.20. The molecule has 0 spiro atoms. The molecule has 76 valence electrons. The first kappa shape index (κ1) is 11.1. The molecule has 0 fully saturated rings. The third kappa shape index (κ3) is 2.08. The topological polar surface area (TPSA) is 63.3 Å². The van der Waals surface area contributed by atoms with Crippen LogP contribution in [0, 0.1) is 6.92 Å². The molecule has 0 amide bonds. The molecule has 14 heavy (non-hydrogen) atoms. The van der Waals surface area contributed by atoms with Gasteiger partial charge in [0.05, 0.1) is 6.54 Å². The van der Waals surface area contributed by atoms with Crippen LogP contribution in [-0.2, 0) is 0 Å². The number of phenols is 1. The molecular formula is C10H13NO2S. The summed E-state index contributed by atoms with van der Waals surface area (Å²) in [5, 5.41) is 9.46. The van der Waals surface area contributed by atoms with E-state index in [0.29, 0.717) is 5.56 Å². The van der Waals surface area contributed by atoms with Crippen molar-refractivity contribution in [2.24, 2.45) is 5.73 Å². The number of hydrogen-bond donors (Lipinski definition) is 2. The molecule has 3 nitrogen and oxygen atoms in total. The summed E-state index contributed by atoms with van der Waals surface area (Å²) in [7, 11) is 0. The van der Waals surface area contributed by atoms with Gasteiger partial charge in [0.25, 0.3) is 0 Å². The summed E-state index contributed by atoms with van der Waals surface area (Å²) in [5.74, 6) is -0.00995. The zero-order chi connectivity index (χ0) is 10.7. The fourth-order valence-electron chi connectivity index (χ4n) is 1.17. The highest BCUT2D eigenvalue weighted by Gasteiger charge is 2.11. The minimum atomic E-state index is -0.148. The van der Waals surface area contributed by atoms with Crippen LogP contribution in [0.3, 0.4) is 0 Å². The van der Waals surface area contributed by atoms with E-state index < -0.39 is 0 Å². The second-order valence-corrected chi connectivity index (χ2v) is 3.81. The van der Waals surface area contributed by atoms with Crippen molar-refractivity contribution in [2.45, 2.75) is 11.8 Å². The van der Waals surface area contributed by atoms with E-state index in [4.69, 9.17) is 5.73 Å². The smallest absolute Gasteiger partial charge is 0.177 e. The number of carbonyl (C=O) groups excluding carboxylic acids is 1. The summed E-state index contributed by atoms with van der Waals surface area (Å²) >= 11 is 1.47. The van der Waals surface area contributed by atoms with E-state index >= 15 is 0 Å². The Morgan fingerprint density at radius 2 is 2.21 bits per heavy atom. The predicted molar refractivity (Wildman–Crippen MR) is 58.0 cm³/mol. The molecule has 0 unspecified atom stereocenters. The lowest BCUT2D eigenvalue weighted by atomic mass is 10.1. The summed E-state index contributed by atoms with van der Waals surface area (Å²) in [6, 6.07) is 3.28. The standard InChI is InChI=1S/C10H13NO2S/c1-6-3-10(14-2)7(4-8(6)12)9(13)5-11/h3-4,12H,5,11H2,1-2H3. The molecule has 0 aliphatic carbocycles. The molecule has 0 aliphatic heterocycles. The quantitative estimate of drug-likeness (QED) is 0.588. The van der Waals surface area contributed by atoms with Gasteiger partial charge < -0.3 is 10.8 Å². The van der Waals surface area contributed by atoms with Crippen LogP contribution in [0.5, 0.6) is 5.75 Å². The number of aromatic hydroxyl groups is 1. The van der Waals surface area contributed by atoms with Gasteiger partial charge in [-0.05, 0) is 30.9 Å². The SMILES string of the molecule is CSc1cc(C)c(O)cc1C(=O)CN. The maximum atomic E-state index is 11.4. The lowest BCUT2D eigenvalue weighted by molar-refractivity contribution is 0.0998. The van der Waals surface area contributed by atoms with Gasteiger partial charge in [-0.15, -0.1) is 11.8 Å². The second-order valence-electron chi connectivity index (χ2n) is 2.97. The second kappa shape index (κ2) is 4.48. The van der Waals surface area contributed by atoms with E-state index in [1.807, 2.05) is 6.26 Å². The molecule has 0 atom stereocenters. The number of rotatable bonds is 3. The van der Waals surface area contributed by atoms with E-state index in [9.17, 15) is 9.90 Å².